The molecule has 0 radical (unpaired) electrons. The van der Waals surface area contributed by atoms with Crippen LogP contribution in [0, 0.1) is 0 Å². The Morgan fingerprint density at radius 1 is 1.33 bits per heavy atom. The highest BCUT2D eigenvalue weighted by atomic mass is 35.5. The number of nitrogens with one attached hydrogen (secondary N) is 2. The molecule has 1 aliphatic rings. The highest BCUT2D eigenvalue weighted by Crippen LogP contribution is 2.27. The highest BCUT2D eigenvalue weighted by molar-refractivity contribution is 7.99. The van der Waals surface area contributed by atoms with E-state index < -0.39 is 0 Å². The van der Waals surface area contributed by atoms with Gasteiger partial charge in [-0.2, -0.15) is 11.8 Å². The molecule has 1 aromatic carbocycles. The molecule has 2 N–H and O–H groups in total. The van der Waals surface area contributed by atoms with Crippen LogP contribution in [0.2, 0.25) is 5.02 Å². The van der Waals surface area contributed by atoms with Gasteiger partial charge in [-0.15, -0.1) is 23.7 Å². The molecule has 1 aromatic heterocycles. The fraction of sp³-hybridized carbons (Fsp3) is 0.353. The number of hydrogen-bond donors (Lipinski definition) is 2. The second-order valence-corrected chi connectivity index (χ2v) is 8.06. The molecule has 0 aliphatic carbocycles. The second-order valence-electron chi connectivity index (χ2n) is 5.50. The molecular formula is C17H20Cl2N2OS2. The van der Waals surface area contributed by atoms with Crippen LogP contribution in [0.15, 0.2) is 41.8 Å². The minimum absolute atomic E-state index is 0. The third kappa shape index (κ3) is 5.39. The second kappa shape index (κ2) is 9.68. The first-order chi connectivity index (χ1) is 11.2. The zero-order valence-electron chi connectivity index (χ0n) is 13.0. The van der Waals surface area contributed by atoms with E-state index in [0.29, 0.717) is 11.4 Å². The first-order valence-corrected chi connectivity index (χ1v) is 10.0. The molecule has 3 rings (SSSR count). The lowest BCUT2D eigenvalue weighted by Crippen LogP contribution is -2.42. The molecule has 2 aromatic rings. The van der Waals surface area contributed by atoms with Gasteiger partial charge in [-0.1, -0.05) is 29.8 Å². The summed E-state index contributed by atoms with van der Waals surface area (Å²) in [4.78, 5) is 13.6. The number of benzene rings is 1. The molecule has 1 saturated heterocycles. The monoisotopic (exact) mass is 402 g/mol. The van der Waals surface area contributed by atoms with E-state index in [0.717, 1.165) is 28.5 Å². The Morgan fingerprint density at radius 3 is 2.75 bits per heavy atom. The first-order valence-electron chi connectivity index (χ1n) is 7.62. The number of halogens is 2. The van der Waals surface area contributed by atoms with Crippen LogP contribution in [0.3, 0.4) is 0 Å². The Kier molecular flexibility index (Phi) is 7.91. The van der Waals surface area contributed by atoms with Gasteiger partial charge in [0, 0.05) is 40.4 Å². The smallest absolute Gasteiger partial charge is 0.222 e. The number of hydrogen-bond acceptors (Lipinski definition) is 4. The summed E-state index contributed by atoms with van der Waals surface area (Å²) >= 11 is 9.54. The average Bonchev–Trinajstić information content (AvgIpc) is 3.09. The molecule has 0 spiro atoms. The predicted molar refractivity (Wildman–Crippen MR) is 107 cm³/mol. The highest BCUT2D eigenvalue weighted by Gasteiger charge is 2.21. The van der Waals surface area contributed by atoms with Crippen LogP contribution >= 0.6 is 47.1 Å². The van der Waals surface area contributed by atoms with Crippen LogP contribution in [0.25, 0.3) is 0 Å². The molecule has 3 nitrogen and oxygen atoms in total. The maximum atomic E-state index is 12.5. The number of rotatable bonds is 5. The summed E-state index contributed by atoms with van der Waals surface area (Å²) in [5, 5.41) is 9.32. The molecule has 2 heterocycles. The van der Waals surface area contributed by atoms with Crippen LogP contribution in [-0.2, 0) is 4.79 Å². The molecular weight excluding hydrogens is 383 g/mol. The summed E-state index contributed by atoms with van der Waals surface area (Å²) in [5.74, 6) is 2.21. The summed E-state index contributed by atoms with van der Waals surface area (Å²) in [6, 6.07) is 11.9. The van der Waals surface area contributed by atoms with Gasteiger partial charge in [0.05, 0.1) is 6.04 Å². The fourth-order valence-electron chi connectivity index (χ4n) is 2.62. The Morgan fingerprint density at radius 2 is 2.12 bits per heavy atom. The van der Waals surface area contributed by atoms with E-state index in [1.165, 1.54) is 0 Å². The first kappa shape index (κ1) is 19.6. The summed E-state index contributed by atoms with van der Waals surface area (Å²) in [6.07, 6.45) is 0.516. The summed E-state index contributed by atoms with van der Waals surface area (Å²) in [6.45, 7) is 0.980. The van der Waals surface area contributed by atoms with E-state index in [-0.39, 0.29) is 30.4 Å². The number of carbonyl (C=O) groups excluding carboxylic acids is 1. The van der Waals surface area contributed by atoms with E-state index >= 15 is 0 Å². The maximum absolute atomic E-state index is 12.5. The minimum Gasteiger partial charge on any atom is -0.344 e. The molecule has 1 fully saturated rings. The molecule has 2 atom stereocenters. The number of thioether (sulfide) groups is 1. The fourth-order valence-corrected chi connectivity index (χ4v) is 4.50. The lowest BCUT2D eigenvalue weighted by Gasteiger charge is -2.24. The van der Waals surface area contributed by atoms with Crippen molar-refractivity contribution >= 4 is 53.0 Å². The van der Waals surface area contributed by atoms with Crippen molar-refractivity contribution in [3.63, 3.8) is 0 Å². The Hall–Kier alpha value is -0.720. The maximum Gasteiger partial charge on any atom is 0.222 e. The van der Waals surface area contributed by atoms with E-state index in [4.69, 9.17) is 11.6 Å². The van der Waals surface area contributed by atoms with Gasteiger partial charge in [0.1, 0.15) is 0 Å². The van der Waals surface area contributed by atoms with Crippen molar-refractivity contribution in [3.8, 4) is 0 Å². The van der Waals surface area contributed by atoms with Crippen molar-refractivity contribution < 1.29 is 4.79 Å². The van der Waals surface area contributed by atoms with E-state index in [1.54, 1.807) is 11.3 Å². The standard InChI is InChI=1S/C17H19ClN2OS2.ClH/c18-13-5-3-12(4-6-13)17(15-2-1-8-23-15)20-16(21)10-14-11-22-9-7-19-14;/h1-6,8,14,17,19H,7,9-11H2,(H,20,21);1H. The largest absolute Gasteiger partial charge is 0.344 e. The van der Waals surface area contributed by atoms with Crippen molar-refractivity contribution in [1.82, 2.24) is 10.6 Å². The molecule has 130 valence electrons. The predicted octanol–water partition coefficient (Wildman–Crippen LogP) is 4.12. The molecule has 1 aliphatic heterocycles. The van der Waals surface area contributed by atoms with Crippen LogP contribution in [-0.4, -0.2) is 30.0 Å². The van der Waals surface area contributed by atoms with Gasteiger partial charge in [-0.3, -0.25) is 4.79 Å². The van der Waals surface area contributed by atoms with Crippen molar-refractivity contribution in [1.29, 1.82) is 0 Å². The molecule has 7 heteroatoms. The summed E-state index contributed by atoms with van der Waals surface area (Å²) in [5.41, 5.74) is 1.05. The zero-order valence-corrected chi connectivity index (χ0v) is 16.2. The molecule has 1 amide bonds. The van der Waals surface area contributed by atoms with E-state index in [9.17, 15) is 4.79 Å². The molecule has 24 heavy (non-hydrogen) atoms. The van der Waals surface area contributed by atoms with Gasteiger partial charge < -0.3 is 10.6 Å². The van der Waals surface area contributed by atoms with Crippen LogP contribution in [0.1, 0.15) is 22.9 Å². The topological polar surface area (TPSA) is 41.1 Å². The van der Waals surface area contributed by atoms with Crippen molar-refractivity contribution in [2.75, 3.05) is 18.1 Å². The SMILES string of the molecule is Cl.O=C(CC1CSCCN1)NC(c1ccc(Cl)cc1)c1cccs1. The van der Waals surface area contributed by atoms with Crippen LogP contribution < -0.4 is 10.6 Å². The summed E-state index contributed by atoms with van der Waals surface area (Å²) in [7, 11) is 0. The van der Waals surface area contributed by atoms with Gasteiger partial charge >= 0.3 is 0 Å². The number of carbonyl (C=O) groups is 1. The molecule has 0 saturated carbocycles. The third-order valence-corrected chi connectivity index (χ3v) is 6.09. The van der Waals surface area contributed by atoms with Gasteiger partial charge in [0.15, 0.2) is 0 Å². The van der Waals surface area contributed by atoms with Crippen LogP contribution in [0.5, 0.6) is 0 Å². The normalized spacial score (nSPS) is 18.5. The Balaban J connectivity index is 0.00000208. The van der Waals surface area contributed by atoms with E-state index in [2.05, 4.69) is 16.7 Å². The van der Waals surface area contributed by atoms with Crippen molar-refractivity contribution in [2.45, 2.75) is 18.5 Å². The average molecular weight is 403 g/mol. The van der Waals surface area contributed by atoms with Gasteiger partial charge in [0.25, 0.3) is 0 Å². The van der Waals surface area contributed by atoms with Crippen molar-refractivity contribution in [2.24, 2.45) is 0 Å². The van der Waals surface area contributed by atoms with Gasteiger partial charge in [-0.05, 0) is 29.1 Å². The zero-order chi connectivity index (χ0) is 16.1. The van der Waals surface area contributed by atoms with Gasteiger partial charge in [0.2, 0.25) is 5.91 Å². The number of amides is 1. The molecule has 0 bridgehead atoms. The van der Waals surface area contributed by atoms with Crippen molar-refractivity contribution in [3.05, 3.63) is 57.2 Å². The van der Waals surface area contributed by atoms with E-state index in [1.807, 2.05) is 47.5 Å². The summed E-state index contributed by atoms with van der Waals surface area (Å²) < 4.78 is 0. The lowest BCUT2D eigenvalue weighted by molar-refractivity contribution is -0.122. The Bertz CT molecular complexity index is 629. The third-order valence-electron chi connectivity index (χ3n) is 3.77. The Labute approximate surface area is 162 Å². The van der Waals surface area contributed by atoms with Crippen LogP contribution in [0.4, 0.5) is 0 Å². The quantitative estimate of drug-likeness (QED) is 0.789. The lowest BCUT2D eigenvalue weighted by atomic mass is 10.0. The minimum atomic E-state index is -0.115. The number of thiophene rings is 1. The molecule has 2 unspecified atom stereocenters. The van der Waals surface area contributed by atoms with Gasteiger partial charge in [-0.25, -0.2) is 0 Å².